The van der Waals surface area contributed by atoms with Gasteiger partial charge in [0.25, 0.3) is 5.79 Å². The molecule has 2 heterocycles. The van der Waals surface area contributed by atoms with Crippen molar-refractivity contribution in [1.29, 1.82) is 0 Å². The van der Waals surface area contributed by atoms with Crippen LogP contribution in [0, 0.1) is 0 Å². The third kappa shape index (κ3) is 9.23. The number of amides is 1. The minimum absolute atomic E-state index is 0.0265. The first-order valence-corrected chi connectivity index (χ1v) is 17.6. The van der Waals surface area contributed by atoms with Gasteiger partial charge in [-0.05, 0) is 6.04 Å². The Morgan fingerprint density at radius 3 is 2.30 bits per heavy atom. The first kappa shape index (κ1) is 35.4. The molecule has 0 spiro atoms. The molecule has 1 N–H and O–H groups in total. The predicted octanol–water partition coefficient (Wildman–Crippen LogP) is 3.02. The first-order valence-electron chi connectivity index (χ1n) is 13.9. The van der Waals surface area contributed by atoms with Gasteiger partial charge in [0.2, 0.25) is 0 Å². The third-order valence-electron chi connectivity index (χ3n) is 6.88. The predicted molar refractivity (Wildman–Crippen MR) is 147 cm³/mol. The molecule has 2 aliphatic heterocycles. The Bertz CT molecular complexity index is 1180. The number of methoxy groups -OCH3 is 1. The summed E-state index contributed by atoms with van der Waals surface area (Å²) in [6, 6.07) is 7.40. The van der Waals surface area contributed by atoms with Crippen LogP contribution < -0.4 is 5.32 Å². The van der Waals surface area contributed by atoms with E-state index in [1.807, 2.05) is 19.6 Å². The van der Waals surface area contributed by atoms with Crippen molar-refractivity contribution >= 4 is 31.9 Å². The molecule has 16 heteroatoms. The Morgan fingerprint density at radius 1 is 1.09 bits per heavy atom. The summed E-state index contributed by atoms with van der Waals surface area (Å²) in [4.78, 5) is 50.0. The summed E-state index contributed by atoms with van der Waals surface area (Å²) >= 11 is 0. The number of benzene rings is 1. The van der Waals surface area contributed by atoms with Crippen molar-refractivity contribution < 1.29 is 65.5 Å². The van der Waals surface area contributed by atoms with E-state index in [1.165, 1.54) is 0 Å². The van der Waals surface area contributed by atoms with Crippen LogP contribution in [-0.2, 0) is 52.3 Å². The Balaban J connectivity index is 2.11. The van der Waals surface area contributed by atoms with E-state index >= 15 is 0 Å². The molecule has 2 aliphatic rings. The van der Waals surface area contributed by atoms with Gasteiger partial charge in [0.15, 0.2) is 12.4 Å². The van der Waals surface area contributed by atoms with E-state index in [0.29, 0.717) is 11.6 Å². The maximum absolute atomic E-state index is 13.5. The highest BCUT2D eigenvalue weighted by Gasteiger charge is 2.60. The number of hydrogen-bond acceptors (Lipinski definition) is 11. The smallest absolute Gasteiger partial charge is 0.465 e. The zero-order valence-corrected chi connectivity index (χ0v) is 26.3. The lowest BCUT2D eigenvalue weighted by Crippen LogP contribution is -2.69. The summed E-state index contributed by atoms with van der Waals surface area (Å²) in [6.07, 6.45) is -13.1. The molecule has 1 amide bonds. The molecule has 2 fully saturated rings. The van der Waals surface area contributed by atoms with Gasteiger partial charge in [-0.3, -0.25) is 14.4 Å². The summed E-state index contributed by atoms with van der Waals surface area (Å²) in [5, 5.41) is 1.80. The van der Waals surface area contributed by atoms with E-state index < -0.39 is 87.0 Å². The molecule has 44 heavy (non-hydrogen) atoms. The van der Waals surface area contributed by atoms with Crippen LogP contribution >= 0.6 is 0 Å². The quantitative estimate of drug-likeness (QED) is 0.215. The van der Waals surface area contributed by atoms with Crippen LogP contribution in [0.5, 0.6) is 0 Å². The third-order valence-corrected chi connectivity index (χ3v) is 8.59. The summed E-state index contributed by atoms with van der Waals surface area (Å²) in [6.45, 7) is 7.94. The fourth-order valence-corrected chi connectivity index (χ4v) is 5.55. The highest BCUT2D eigenvalue weighted by molar-refractivity contribution is 6.76. The van der Waals surface area contributed by atoms with E-state index in [1.54, 1.807) is 35.6 Å². The average Bonchev–Trinajstić information content (AvgIpc) is 3.41. The minimum Gasteiger partial charge on any atom is -0.465 e. The maximum atomic E-state index is 13.5. The SMILES string of the molecule is COC(=O)[C@@]1(OCC[Si](C)(C)C)C[C@H](OC(C)=O)[C@@H](NC(=O)C(F)(F)F)[C@H]([C@H](OC(C)=O)[C@H]2COC(c3ccccc3)O2)O1. The molecule has 0 saturated carbocycles. The second-order valence-corrected chi connectivity index (χ2v) is 17.3. The lowest BCUT2D eigenvalue weighted by molar-refractivity contribution is -0.313. The molecule has 7 atom stereocenters. The van der Waals surface area contributed by atoms with Gasteiger partial charge in [0.1, 0.15) is 18.3 Å². The highest BCUT2D eigenvalue weighted by atomic mass is 28.3. The Labute approximate surface area is 253 Å². The van der Waals surface area contributed by atoms with Crippen LogP contribution in [0.2, 0.25) is 25.7 Å². The van der Waals surface area contributed by atoms with Crippen LogP contribution in [0.3, 0.4) is 0 Å². The second kappa shape index (κ2) is 14.4. The van der Waals surface area contributed by atoms with Crippen molar-refractivity contribution in [2.45, 2.75) is 94.7 Å². The topological polar surface area (TPSA) is 145 Å². The second-order valence-electron chi connectivity index (χ2n) is 11.7. The number of rotatable bonds is 11. The molecule has 3 rings (SSSR count). The largest absolute Gasteiger partial charge is 0.471 e. The average molecular weight is 650 g/mol. The van der Waals surface area contributed by atoms with Crippen molar-refractivity contribution in [2.24, 2.45) is 0 Å². The molecule has 2 saturated heterocycles. The normalized spacial score (nSPS) is 28.1. The van der Waals surface area contributed by atoms with Crippen molar-refractivity contribution in [3.63, 3.8) is 0 Å². The van der Waals surface area contributed by atoms with E-state index in [-0.39, 0.29) is 13.2 Å². The molecule has 0 radical (unpaired) electrons. The number of ether oxygens (including phenoxy) is 7. The summed E-state index contributed by atoms with van der Waals surface area (Å²) in [5.74, 6) is -7.61. The Hall–Kier alpha value is -3.05. The van der Waals surface area contributed by atoms with E-state index in [4.69, 9.17) is 33.2 Å². The highest BCUT2D eigenvalue weighted by Crippen LogP contribution is 2.39. The van der Waals surface area contributed by atoms with Gasteiger partial charge in [-0.15, -0.1) is 0 Å². The van der Waals surface area contributed by atoms with E-state index in [2.05, 4.69) is 0 Å². The van der Waals surface area contributed by atoms with Gasteiger partial charge in [-0.1, -0.05) is 50.0 Å². The van der Waals surface area contributed by atoms with Crippen molar-refractivity contribution in [3.05, 3.63) is 35.9 Å². The van der Waals surface area contributed by atoms with Crippen LogP contribution in [0.4, 0.5) is 13.2 Å². The van der Waals surface area contributed by atoms with Gasteiger partial charge in [-0.2, -0.15) is 13.2 Å². The fraction of sp³-hybridized carbons (Fsp3) is 0.643. The lowest BCUT2D eigenvalue weighted by atomic mass is 9.88. The van der Waals surface area contributed by atoms with Crippen molar-refractivity contribution in [2.75, 3.05) is 20.3 Å². The lowest BCUT2D eigenvalue weighted by Gasteiger charge is -2.48. The molecular formula is C28H38F3NO11Si. The number of nitrogens with one attached hydrogen (secondary N) is 1. The van der Waals surface area contributed by atoms with E-state index in [9.17, 15) is 32.3 Å². The van der Waals surface area contributed by atoms with Gasteiger partial charge < -0.3 is 38.5 Å². The number of carbonyl (C=O) groups excluding carboxylic acids is 4. The Kier molecular flexibility index (Phi) is 11.6. The van der Waals surface area contributed by atoms with Crippen molar-refractivity contribution in [3.8, 4) is 0 Å². The molecule has 246 valence electrons. The van der Waals surface area contributed by atoms with Crippen LogP contribution in [-0.4, -0.2) is 94.6 Å². The van der Waals surface area contributed by atoms with Crippen LogP contribution in [0.15, 0.2) is 30.3 Å². The number of hydrogen-bond donors (Lipinski definition) is 1. The minimum atomic E-state index is -5.35. The monoisotopic (exact) mass is 649 g/mol. The summed E-state index contributed by atoms with van der Waals surface area (Å²) in [7, 11) is -0.701. The molecule has 1 aromatic carbocycles. The molecule has 1 unspecified atom stereocenters. The first-order chi connectivity index (χ1) is 20.5. The van der Waals surface area contributed by atoms with Gasteiger partial charge in [-0.25, -0.2) is 4.79 Å². The van der Waals surface area contributed by atoms with Crippen molar-refractivity contribution in [1.82, 2.24) is 5.32 Å². The van der Waals surface area contributed by atoms with Crippen LogP contribution in [0.1, 0.15) is 32.1 Å². The zero-order valence-electron chi connectivity index (χ0n) is 25.3. The fourth-order valence-electron chi connectivity index (χ4n) is 4.84. The van der Waals surface area contributed by atoms with Crippen LogP contribution in [0.25, 0.3) is 0 Å². The van der Waals surface area contributed by atoms with Gasteiger partial charge in [0.05, 0.1) is 26.2 Å². The summed E-state index contributed by atoms with van der Waals surface area (Å²) in [5.41, 5.74) is 0.597. The molecule has 0 aliphatic carbocycles. The molecule has 1 aromatic rings. The zero-order chi connectivity index (χ0) is 32.9. The van der Waals surface area contributed by atoms with Gasteiger partial charge >= 0.3 is 30.0 Å². The molecular weight excluding hydrogens is 611 g/mol. The summed E-state index contributed by atoms with van der Waals surface area (Å²) < 4.78 is 80.2. The molecule has 12 nitrogen and oxygen atoms in total. The number of carbonyl (C=O) groups is 4. The number of halogens is 3. The molecule has 0 bridgehead atoms. The molecule has 0 aromatic heterocycles. The maximum Gasteiger partial charge on any atom is 0.471 e. The standard InChI is InChI=1S/C28H38F3NO11Si/c1-16(33)40-19-14-27(26(36)37-3,39-12-13-44(4,5)6)43-23(21(19)32-25(35)28(29,30)31)22(41-17(2)34)20-15-38-24(42-20)18-10-8-7-9-11-18/h7-11,19-24H,12-15H2,1-6H3,(H,32,35)/t19-,20+,21+,22+,23+,24?,27+/m0/s1. The van der Waals surface area contributed by atoms with Gasteiger partial charge in [0, 0.05) is 34.1 Å². The number of esters is 3. The Morgan fingerprint density at radius 2 is 1.75 bits per heavy atom. The van der Waals surface area contributed by atoms with E-state index in [0.717, 1.165) is 21.0 Å². The number of alkyl halides is 3.